The molecule has 1 saturated heterocycles. The van der Waals surface area contributed by atoms with Gasteiger partial charge in [0.15, 0.2) is 6.29 Å². The largest absolute Gasteiger partial charge is 0.394 e. The van der Waals surface area contributed by atoms with Crippen molar-refractivity contribution < 1.29 is 49.7 Å². The average molecular weight is 501 g/mol. The van der Waals surface area contributed by atoms with Crippen molar-refractivity contribution in [3.63, 3.8) is 0 Å². The number of hydrogen-bond acceptors (Lipinski definition) is 10. The van der Waals surface area contributed by atoms with Crippen molar-refractivity contribution >= 4 is 17.5 Å². The molecule has 1 aromatic rings. The number of carbonyl (C=O) groups is 2. The summed E-state index contributed by atoms with van der Waals surface area (Å²) < 4.78 is 10.6. The molecule has 12 nitrogen and oxygen atoms in total. The normalized spacial score (nSPS) is 27.0. The van der Waals surface area contributed by atoms with E-state index in [1.54, 1.807) is 12.1 Å². The molecule has 12 heteroatoms. The highest BCUT2D eigenvalue weighted by Gasteiger charge is 2.44. The molecule has 1 heterocycles. The fraction of sp³-hybridized carbons (Fsp3) is 0.652. The maximum atomic E-state index is 12.1. The number of carbonyl (C=O) groups excluding carboxylic acids is 2. The summed E-state index contributed by atoms with van der Waals surface area (Å²) in [5, 5.41) is 65.2. The Bertz CT molecular complexity index is 806. The first-order chi connectivity index (χ1) is 16.5. The van der Waals surface area contributed by atoms with E-state index in [0.717, 1.165) is 5.56 Å². The SMILES string of the molecule is CC(=O)N[C@@H](CO[C@H]1OC(CO)[C@H](O)C(O)[C@@H]1O)[C@H](O)[C@H](O)CCCC(=O)Nc1ccc(C)cc1. The van der Waals surface area contributed by atoms with E-state index in [1.807, 2.05) is 19.1 Å². The molecule has 2 rings (SSSR count). The standard InChI is InChI=1S/C23H36N2O10/c1-12-6-8-14(9-7-12)25-18(29)5-3-4-16(28)19(30)15(24-13(2)27)11-34-23-22(33)21(32)20(31)17(10-26)35-23/h6-9,15-17,19-23,26,28,30-33H,3-5,10-11H2,1-2H3,(H,24,27)(H,25,29)/t15-,16+,17?,19-,20-,21?,22-,23-/m0/s1. The predicted molar refractivity (Wildman–Crippen MR) is 123 cm³/mol. The minimum absolute atomic E-state index is 0.0542. The van der Waals surface area contributed by atoms with E-state index in [-0.39, 0.29) is 25.2 Å². The van der Waals surface area contributed by atoms with Gasteiger partial charge in [0, 0.05) is 19.0 Å². The van der Waals surface area contributed by atoms with Crippen molar-refractivity contribution in [3.05, 3.63) is 29.8 Å². The quantitative estimate of drug-likeness (QED) is 0.161. The lowest BCUT2D eigenvalue weighted by molar-refractivity contribution is -0.303. The molecule has 8 atom stereocenters. The number of ether oxygens (including phenoxy) is 2. The van der Waals surface area contributed by atoms with E-state index in [2.05, 4.69) is 10.6 Å². The van der Waals surface area contributed by atoms with Crippen molar-refractivity contribution in [2.45, 2.75) is 82.1 Å². The van der Waals surface area contributed by atoms with Crippen molar-refractivity contribution in [2.75, 3.05) is 18.5 Å². The molecule has 198 valence electrons. The molecule has 0 bridgehead atoms. The highest BCUT2D eigenvalue weighted by molar-refractivity contribution is 5.90. The number of aliphatic hydroxyl groups excluding tert-OH is 6. The zero-order chi connectivity index (χ0) is 26.1. The Labute approximate surface area is 203 Å². The van der Waals surface area contributed by atoms with Crippen molar-refractivity contribution in [3.8, 4) is 0 Å². The molecule has 0 spiro atoms. The van der Waals surface area contributed by atoms with E-state index in [4.69, 9.17) is 9.47 Å². The summed E-state index contributed by atoms with van der Waals surface area (Å²) in [4.78, 5) is 23.7. The number of rotatable bonds is 12. The fourth-order valence-corrected chi connectivity index (χ4v) is 3.66. The lowest BCUT2D eigenvalue weighted by atomic mass is 9.99. The summed E-state index contributed by atoms with van der Waals surface area (Å²) in [5.74, 6) is -0.768. The first-order valence-corrected chi connectivity index (χ1v) is 11.4. The molecule has 0 radical (unpaired) electrons. The maximum absolute atomic E-state index is 12.1. The van der Waals surface area contributed by atoms with Gasteiger partial charge in [-0.1, -0.05) is 17.7 Å². The first-order valence-electron chi connectivity index (χ1n) is 11.4. The molecule has 2 amide bonds. The lowest BCUT2D eigenvalue weighted by Crippen LogP contribution is -2.60. The number of benzene rings is 1. The Morgan fingerprint density at radius 2 is 1.74 bits per heavy atom. The van der Waals surface area contributed by atoms with Crippen molar-refractivity contribution in [1.82, 2.24) is 5.32 Å². The number of aliphatic hydroxyl groups is 6. The Morgan fingerprint density at radius 1 is 1.09 bits per heavy atom. The molecule has 1 aromatic carbocycles. The Kier molecular flexibility index (Phi) is 11.5. The molecule has 2 unspecified atom stereocenters. The van der Waals surface area contributed by atoms with Gasteiger partial charge in [0.25, 0.3) is 0 Å². The predicted octanol–water partition coefficient (Wildman–Crippen LogP) is -1.85. The monoisotopic (exact) mass is 500 g/mol. The van der Waals surface area contributed by atoms with E-state index in [0.29, 0.717) is 5.69 Å². The molecule has 0 aliphatic carbocycles. The number of nitrogens with one attached hydrogen (secondary N) is 2. The zero-order valence-electron chi connectivity index (χ0n) is 19.8. The van der Waals surface area contributed by atoms with Gasteiger partial charge in [-0.3, -0.25) is 9.59 Å². The first kappa shape index (κ1) is 29.1. The van der Waals surface area contributed by atoms with Crippen LogP contribution in [0.15, 0.2) is 24.3 Å². The van der Waals surface area contributed by atoms with Crippen LogP contribution in [0.5, 0.6) is 0 Å². The van der Waals surface area contributed by atoms with Gasteiger partial charge in [-0.25, -0.2) is 0 Å². The zero-order valence-corrected chi connectivity index (χ0v) is 19.8. The molecule has 35 heavy (non-hydrogen) atoms. The van der Waals surface area contributed by atoms with Gasteiger partial charge in [-0.15, -0.1) is 0 Å². The molecule has 1 aliphatic heterocycles. The second-order valence-electron chi connectivity index (χ2n) is 8.70. The maximum Gasteiger partial charge on any atom is 0.224 e. The van der Waals surface area contributed by atoms with E-state index in [1.165, 1.54) is 6.92 Å². The van der Waals surface area contributed by atoms with Gasteiger partial charge in [-0.2, -0.15) is 0 Å². The molecule has 0 saturated carbocycles. The van der Waals surface area contributed by atoms with Gasteiger partial charge in [0.05, 0.1) is 25.4 Å². The third kappa shape index (κ3) is 8.78. The molecule has 1 aliphatic rings. The van der Waals surface area contributed by atoms with E-state index >= 15 is 0 Å². The van der Waals surface area contributed by atoms with Crippen LogP contribution in [0.3, 0.4) is 0 Å². The second-order valence-corrected chi connectivity index (χ2v) is 8.70. The third-order valence-electron chi connectivity index (χ3n) is 5.72. The summed E-state index contributed by atoms with van der Waals surface area (Å²) in [6, 6.07) is 6.17. The molecular weight excluding hydrogens is 464 g/mol. The van der Waals surface area contributed by atoms with E-state index < -0.39 is 68.1 Å². The van der Waals surface area contributed by atoms with Crippen LogP contribution in [-0.2, 0) is 19.1 Å². The molecular formula is C23H36N2O10. The number of amides is 2. The van der Waals surface area contributed by atoms with Crippen LogP contribution in [0.25, 0.3) is 0 Å². The van der Waals surface area contributed by atoms with Crippen LogP contribution in [0, 0.1) is 6.92 Å². The van der Waals surface area contributed by atoms with Gasteiger partial charge < -0.3 is 50.7 Å². The highest BCUT2D eigenvalue weighted by atomic mass is 16.7. The third-order valence-corrected chi connectivity index (χ3v) is 5.72. The number of hydrogen-bond donors (Lipinski definition) is 8. The number of anilines is 1. The minimum Gasteiger partial charge on any atom is -0.394 e. The molecule has 1 fully saturated rings. The van der Waals surface area contributed by atoms with Crippen molar-refractivity contribution in [1.29, 1.82) is 0 Å². The summed E-state index contributed by atoms with van der Waals surface area (Å²) in [5.41, 5.74) is 1.71. The van der Waals surface area contributed by atoms with Crippen LogP contribution in [-0.4, -0.2) is 105 Å². The topological polar surface area (TPSA) is 198 Å². The van der Waals surface area contributed by atoms with Crippen LogP contribution in [0.1, 0.15) is 31.7 Å². The summed E-state index contributed by atoms with van der Waals surface area (Å²) >= 11 is 0. The summed E-state index contributed by atoms with van der Waals surface area (Å²) in [7, 11) is 0. The van der Waals surface area contributed by atoms with Crippen molar-refractivity contribution in [2.24, 2.45) is 0 Å². The van der Waals surface area contributed by atoms with Gasteiger partial charge in [-0.05, 0) is 31.9 Å². The Balaban J connectivity index is 1.86. The van der Waals surface area contributed by atoms with Gasteiger partial charge in [0.2, 0.25) is 11.8 Å². The van der Waals surface area contributed by atoms with Crippen LogP contribution in [0.2, 0.25) is 0 Å². The minimum atomic E-state index is -1.65. The molecule has 8 N–H and O–H groups in total. The second kappa shape index (κ2) is 13.8. The van der Waals surface area contributed by atoms with Gasteiger partial charge in [0.1, 0.15) is 30.5 Å². The Morgan fingerprint density at radius 3 is 2.34 bits per heavy atom. The van der Waals surface area contributed by atoms with Gasteiger partial charge >= 0.3 is 0 Å². The van der Waals surface area contributed by atoms with Crippen LogP contribution < -0.4 is 10.6 Å². The van der Waals surface area contributed by atoms with E-state index in [9.17, 15) is 40.2 Å². The number of aryl methyl sites for hydroxylation is 1. The summed E-state index contributed by atoms with van der Waals surface area (Å²) in [6.45, 7) is 2.07. The van der Waals surface area contributed by atoms with Crippen LogP contribution in [0.4, 0.5) is 5.69 Å². The molecule has 0 aromatic heterocycles. The highest BCUT2D eigenvalue weighted by Crippen LogP contribution is 2.22. The Hall–Kier alpha value is -2.16. The lowest BCUT2D eigenvalue weighted by Gasteiger charge is -2.40. The smallest absolute Gasteiger partial charge is 0.224 e. The fourth-order valence-electron chi connectivity index (χ4n) is 3.66. The van der Waals surface area contributed by atoms with Crippen LogP contribution >= 0.6 is 0 Å². The summed E-state index contributed by atoms with van der Waals surface area (Å²) in [6.07, 6.45) is -9.88. The average Bonchev–Trinajstić information content (AvgIpc) is 2.82.